The fourth-order valence-corrected chi connectivity index (χ4v) is 1.85. The second kappa shape index (κ2) is 4.29. The maximum absolute atomic E-state index is 10.9. The number of carboxylic acid groups (broad SMARTS) is 1. The van der Waals surface area contributed by atoms with Crippen LogP contribution in [0.1, 0.15) is 21.7 Å². The summed E-state index contributed by atoms with van der Waals surface area (Å²) >= 11 is 3.43. The van der Waals surface area contributed by atoms with Crippen molar-refractivity contribution in [2.24, 2.45) is 0 Å². The average molecular weight is 296 g/mol. The van der Waals surface area contributed by atoms with Gasteiger partial charge in [-0.2, -0.15) is 0 Å². The van der Waals surface area contributed by atoms with Gasteiger partial charge in [-0.1, -0.05) is 27.2 Å². The topological polar surface area (TPSA) is 68.0 Å². The largest absolute Gasteiger partial charge is 0.476 e. The number of aryl methyl sites for hydroxylation is 1. The van der Waals surface area contributed by atoms with Gasteiger partial charge in [-0.3, -0.25) is 0 Å². The lowest BCUT2D eigenvalue weighted by Crippen LogP contribution is -2.02. The number of aromatic nitrogens is 3. The Morgan fingerprint density at radius 1 is 1.41 bits per heavy atom. The van der Waals surface area contributed by atoms with Gasteiger partial charge in [0.05, 0.1) is 11.4 Å². The Hall–Kier alpha value is -1.69. The lowest BCUT2D eigenvalue weighted by Gasteiger charge is -2.05. The first-order valence-corrected chi connectivity index (χ1v) is 5.72. The summed E-state index contributed by atoms with van der Waals surface area (Å²) in [5, 5.41) is 16.4. The van der Waals surface area contributed by atoms with Crippen LogP contribution in [0.25, 0.3) is 5.69 Å². The Morgan fingerprint density at radius 3 is 2.65 bits per heavy atom. The van der Waals surface area contributed by atoms with Crippen LogP contribution >= 0.6 is 15.9 Å². The van der Waals surface area contributed by atoms with Crippen LogP contribution in [0.4, 0.5) is 0 Å². The van der Waals surface area contributed by atoms with Crippen molar-refractivity contribution in [2.45, 2.75) is 13.8 Å². The molecule has 0 bridgehead atoms. The highest BCUT2D eigenvalue weighted by Gasteiger charge is 2.16. The van der Waals surface area contributed by atoms with E-state index in [1.165, 1.54) is 4.68 Å². The number of hydrogen-bond donors (Lipinski definition) is 1. The molecule has 1 aromatic heterocycles. The van der Waals surface area contributed by atoms with E-state index in [4.69, 9.17) is 5.11 Å². The van der Waals surface area contributed by atoms with Crippen molar-refractivity contribution in [1.29, 1.82) is 0 Å². The Kier molecular flexibility index (Phi) is 2.97. The maximum Gasteiger partial charge on any atom is 0.358 e. The van der Waals surface area contributed by atoms with E-state index >= 15 is 0 Å². The number of hydrogen-bond acceptors (Lipinski definition) is 3. The second-order valence-electron chi connectivity index (χ2n) is 3.67. The van der Waals surface area contributed by atoms with Crippen molar-refractivity contribution < 1.29 is 9.90 Å². The van der Waals surface area contributed by atoms with E-state index in [2.05, 4.69) is 26.2 Å². The minimum absolute atomic E-state index is 0.0262. The van der Waals surface area contributed by atoms with Crippen LogP contribution in [-0.4, -0.2) is 26.1 Å². The van der Waals surface area contributed by atoms with Gasteiger partial charge in [-0.15, -0.1) is 5.10 Å². The molecule has 0 saturated heterocycles. The molecule has 1 N–H and O–H groups in total. The van der Waals surface area contributed by atoms with Crippen molar-refractivity contribution in [2.75, 3.05) is 0 Å². The first kappa shape index (κ1) is 11.8. The van der Waals surface area contributed by atoms with Gasteiger partial charge in [0, 0.05) is 4.47 Å². The van der Waals surface area contributed by atoms with E-state index in [0.29, 0.717) is 5.69 Å². The number of carbonyl (C=O) groups is 1. The van der Waals surface area contributed by atoms with Crippen LogP contribution in [0.3, 0.4) is 0 Å². The predicted octanol–water partition coefficient (Wildman–Crippen LogP) is 2.34. The molecule has 0 spiro atoms. The van der Waals surface area contributed by atoms with Crippen molar-refractivity contribution in [3.63, 3.8) is 0 Å². The number of halogens is 1. The van der Waals surface area contributed by atoms with Crippen LogP contribution in [-0.2, 0) is 0 Å². The van der Waals surface area contributed by atoms with Gasteiger partial charge in [0.2, 0.25) is 0 Å². The molecule has 6 heteroatoms. The summed E-state index contributed by atoms with van der Waals surface area (Å²) in [6.45, 7) is 3.65. The van der Waals surface area contributed by atoms with Gasteiger partial charge >= 0.3 is 5.97 Å². The molecule has 2 aromatic rings. The van der Waals surface area contributed by atoms with E-state index < -0.39 is 5.97 Å². The molecular formula is C11H10BrN3O2. The highest BCUT2D eigenvalue weighted by molar-refractivity contribution is 9.10. The van der Waals surface area contributed by atoms with E-state index in [-0.39, 0.29) is 5.69 Å². The molecule has 0 aliphatic carbocycles. The zero-order valence-electron chi connectivity index (χ0n) is 9.31. The molecule has 0 unspecified atom stereocenters. The molecule has 0 atom stereocenters. The van der Waals surface area contributed by atoms with Gasteiger partial charge in [0.15, 0.2) is 5.69 Å². The lowest BCUT2D eigenvalue weighted by atomic mass is 10.2. The van der Waals surface area contributed by atoms with Crippen LogP contribution in [0.2, 0.25) is 0 Å². The second-order valence-corrected chi connectivity index (χ2v) is 4.53. The summed E-state index contributed by atoms with van der Waals surface area (Å²) in [6, 6.07) is 5.68. The molecule has 0 radical (unpaired) electrons. The summed E-state index contributed by atoms with van der Waals surface area (Å²) in [5.41, 5.74) is 2.36. The summed E-state index contributed by atoms with van der Waals surface area (Å²) in [4.78, 5) is 10.9. The first-order chi connectivity index (χ1) is 8.00. The summed E-state index contributed by atoms with van der Waals surface area (Å²) in [6.07, 6.45) is 0. The molecule has 1 heterocycles. The molecule has 88 valence electrons. The minimum Gasteiger partial charge on any atom is -0.476 e. The predicted molar refractivity (Wildman–Crippen MR) is 65.5 cm³/mol. The quantitative estimate of drug-likeness (QED) is 0.923. The fraction of sp³-hybridized carbons (Fsp3) is 0.182. The van der Waals surface area contributed by atoms with E-state index in [9.17, 15) is 4.79 Å². The molecule has 17 heavy (non-hydrogen) atoms. The van der Waals surface area contributed by atoms with E-state index in [0.717, 1.165) is 15.7 Å². The van der Waals surface area contributed by atoms with E-state index in [1.807, 2.05) is 25.1 Å². The third-order valence-corrected chi connectivity index (χ3v) is 3.35. The Morgan fingerprint density at radius 2 is 2.12 bits per heavy atom. The van der Waals surface area contributed by atoms with Crippen LogP contribution in [0.5, 0.6) is 0 Å². The summed E-state index contributed by atoms with van der Waals surface area (Å²) in [7, 11) is 0. The number of rotatable bonds is 2. The fourth-order valence-electron chi connectivity index (χ4n) is 1.49. The molecule has 1 aromatic carbocycles. The number of nitrogens with zero attached hydrogens (tertiary/aromatic N) is 3. The van der Waals surface area contributed by atoms with E-state index in [1.54, 1.807) is 6.92 Å². The smallest absolute Gasteiger partial charge is 0.358 e. The highest BCUT2D eigenvalue weighted by atomic mass is 79.9. The normalized spacial score (nSPS) is 10.5. The molecule has 0 fully saturated rings. The van der Waals surface area contributed by atoms with Crippen molar-refractivity contribution in [1.82, 2.24) is 15.0 Å². The van der Waals surface area contributed by atoms with Crippen molar-refractivity contribution in [3.8, 4) is 5.69 Å². The molecule has 0 saturated carbocycles. The average Bonchev–Trinajstić information content (AvgIpc) is 2.64. The Balaban J connectivity index is 2.53. The van der Waals surface area contributed by atoms with Crippen molar-refractivity contribution in [3.05, 3.63) is 39.6 Å². The molecule has 0 amide bonds. The third-order valence-electron chi connectivity index (χ3n) is 2.50. The molecule has 0 aliphatic rings. The Labute approximate surface area is 106 Å². The molecule has 2 rings (SSSR count). The van der Waals surface area contributed by atoms with Crippen LogP contribution < -0.4 is 0 Å². The van der Waals surface area contributed by atoms with Gasteiger partial charge in [-0.05, 0) is 31.5 Å². The SMILES string of the molecule is Cc1ccc(-n2nnc(C(=O)O)c2C)cc1Br. The molecule has 0 aliphatic heterocycles. The van der Waals surface area contributed by atoms with Gasteiger partial charge < -0.3 is 5.11 Å². The summed E-state index contributed by atoms with van der Waals surface area (Å²) in [5.74, 6) is -1.07. The monoisotopic (exact) mass is 295 g/mol. The third kappa shape index (κ3) is 2.08. The molecular weight excluding hydrogens is 286 g/mol. The lowest BCUT2D eigenvalue weighted by molar-refractivity contribution is 0.0689. The number of carboxylic acids is 1. The number of benzene rings is 1. The van der Waals surface area contributed by atoms with Crippen LogP contribution in [0.15, 0.2) is 22.7 Å². The minimum atomic E-state index is -1.07. The molecule has 5 nitrogen and oxygen atoms in total. The first-order valence-electron chi connectivity index (χ1n) is 4.93. The van der Waals surface area contributed by atoms with Crippen molar-refractivity contribution >= 4 is 21.9 Å². The standard InChI is InChI=1S/C11H10BrN3O2/c1-6-3-4-8(5-9(6)12)15-7(2)10(11(16)17)13-14-15/h3-5H,1-2H3,(H,16,17). The summed E-state index contributed by atoms with van der Waals surface area (Å²) < 4.78 is 2.45. The number of aromatic carboxylic acids is 1. The zero-order valence-corrected chi connectivity index (χ0v) is 10.9. The zero-order chi connectivity index (χ0) is 12.6. The van der Waals surface area contributed by atoms with Gasteiger partial charge in [0.1, 0.15) is 0 Å². The van der Waals surface area contributed by atoms with Gasteiger partial charge in [0.25, 0.3) is 0 Å². The highest BCUT2D eigenvalue weighted by Crippen LogP contribution is 2.21. The maximum atomic E-state index is 10.9. The Bertz CT molecular complexity index is 592. The van der Waals surface area contributed by atoms with Crippen LogP contribution in [0, 0.1) is 13.8 Å². The van der Waals surface area contributed by atoms with Gasteiger partial charge in [-0.25, -0.2) is 9.48 Å².